The number of rotatable bonds is 4. The van der Waals surface area contributed by atoms with Crippen LogP contribution in [-0.4, -0.2) is 47.3 Å². The fourth-order valence-corrected chi connectivity index (χ4v) is 25.4. The number of hydrogen-bond acceptors (Lipinski definition) is 2. The summed E-state index contributed by atoms with van der Waals surface area (Å²) < 4.78 is 8.61. The van der Waals surface area contributed by atoms with Gasteiger partial charge in [0.25, 0.3) is 0 Å². The Kier molecular flexibility index (Phi) is 7.37. The summed E-state index contributed by atoms with van der Waals surface area (Å²) in [6, 6.07) is 0. The van der Waals surface area contributed by atoms with Gasteiger partial charge in [-0.15, -0.1) is 0 Å². The Labute approximate surface area is 153 Å². The van der Waals surface area contributed by atoms with Crippen molar-refractivity contribution in [3.63, 3.8) is 0 Å². The van der Waals surface area contributed by atoms with E-state index in [2.05, 4.69) is 103 Å². The maximum absolute atomic E-state index is 2.98. The van der Waals surface area contributed by atoms with Crippen LogP contribution in [0.4, 0.5) is 0 Å². The van der Waals surface area contributed by atoms with Gasteiger partial charge in [-0.25, -0.2) is 0 Å². The molecule has 0 bridgehead atoms. The molecule has 0 N–H and O–H groups in total. The molecule has 0 rings (SSSR count). The minimum absolute atomic E-state index is 0.190. The van der Waals surface area contributed by atoms with E-state index in [1.807, 2.05) is 0 Å². The first-order valence-electron chi connectivity index (χ1n) is 9.46. The summed E-state index contributed by atoms with van der Waals surface area (Å²) >= 11 is -2.85. The summed E-state index contributed by atoms with van der Waals surface area (Å²) in [6.07, 6.45) is 0. The second-order valence-corrected chi connectivity index (χ2v) is 23.2. The van der Waals surface area contributed by atoms with Gasteiger partial charge in [0.15, 0.2) is 0 Å². The Morgan fingerprint density at radius 3 is 0.739 bits per heavy atom. The second kappa shape index (κ2) is 7.15. The van der Waals surface area contributed by atoms with Crippen molar-refractivity contribution in [1.82, 2.24) is 6.24 Å². The van der Waals surface area contributed by atoms with Crippen molar-refractivity contribution in [3.05, 3.63) is 0 Å². The molecule has 0 saturated heterocycles. The summed E-state index contributed by atoms with van der Waals surface area (Å²) in [7, 11) is 0. The van der Waals surface area contributed by atoms with E-state index in [9.17, 15) is 0 Å². The van der Waals surface area contributed by atoms with Gasteiger partial charge in [-0.2, -0.15) is 0 Å². The average Bonchev–Trinajstić information content (AvgIpc) is 2.19. The molecule has 0 spiro atoms. The Morgan fingerprint density at radius 2 is 0.652 bits per heavy atom. The predicted molar refractivity (Wildman–Crippen MR) is 109 cm³/mol. The Bertz CT molecular complexity index is 308. The van der Waals surface area contributed by atoms with E-state index < -0.39 is 18.9 Å². The molecule has 0 unspecified atom stereocenters. The third-order valence-corrected chi connectivity index (χ3v) is 23.5. The van der Waals surface area contributed by atoms with Crippen molar-refractivity contribution in [2.24, 2.45) is 0 Å². The van der Waals surface area contributed by atoms with Gasteiger partial charge in [0.05, 0.1) is 0 Å². The van der Waals surface area contributed by atoms with Gasteiger partial charge in [0.2, 0.25) is 0 Å². The SMILES string of the molecule is C[CH2][Sn]([CH2]C)([N](C(C)(C)C)C(C)(C)C)[N](C(C)(C)C)C(C)(C)C. The first-order chi connectivity index (χ1) is 9.85. The van der Waals surface area contributed by atoms with Crippen molar-refractivity contribution in [1.29, 1.82) is 0 Å². The standard InChI is InChI=1S/2C8H18N.2C2H5.Sn/c2*1-7(2,3)9-8(4,5)6;2*1-2;/h2*1-6H3;2*1H2,2H3;/q2*-1;;;+2. The molecule has 2 nitrogen and oxygen atoms in total. The second-order valence-electron chi connectivity index (χ2n) is 11.0. The Balaban J connectivity index is 6.68. The van der Waals surface area contributed by atoms with Crippen molar-refractivity contribution in [3.8, 4) is 0 Å². The van der Waals surface area contributed by atoms with Crippen molar-refractivity contribution < 1.29 is 0 Å². The predicted octanol–water partition coefficient (Wildman–Crippen LogP) is 6.27. The van der Waals surface area contributed by atoms with Gasteiger partial charge in [-0.05, 0) is 0 Å². The summed E-state index contributed by atoms with van der Waals surface area (Å²) in [6.45, 7) is 33.9. The first kappa shape index (κ1) is 23.7. The maximum atomic E-state index is 2.98. The average molecular weight is 433 g/mol. The van der Waals surface area contributed by atoms with Crippen LogP contribution in [-0.2, 0) is 0 Å². The molecule has 3 heteroatoms. The molecule has 140 valence electrons. The molecular formula is C20H46N2Sn. The third-order valence-electron chi connectivity index (χ3n) is 4.65. The van der Waals surface area contributed by atoms with E-state index in [-0.39, 0.29) is 22.2 Å². The summed E-state index contributed by atoms with van der Waals surface area (Å²) in [4.78, 5) is 0. The molecule has 0 radical (unpaired) electrons. The van der Waals surface area contributed by atoms with Crippen LogP contribution in [0.1, 0.15) is 96.9 Å². The van der Waals surface area contributed by atoms with Crippen LogP contribution in [0.3, 0.4) is 0 Å². The minimum atomic E-state index is -2.85. The van der Waals surface area contributed by atoms with E-state index >= 15 is 0 Å². The summed E-state index contributed by atoms with van der Waals surface area (Å²) in [5.41, 5.74) is 0.758. The molecular weight excluding hydrogens is 387 g/mol. The van der Waals surface area contributed by atoms with Crippen LogP contribution in [0.2, 0.25) is 8.87 Å². The van der Waals surface area contributed by atoms with E-state index in [0.29, 0.717) is 0 Å². The fraction of sp³-hybridized carbons (Fsp3) is 1.00. The fourth-order valence-electron chi connectivity index (χ4n) is 5.49. The van der Waals surface area contributed by atoms with Crippen LogP contribution >= 0.6 is 0 Å². The van der Waals surface area contributed by atoms with Gasteiger partial charge in [-0.1, -0.05) is 0 Å². The summed E-state index contributed by atoms with van der Waals surface area (Å²) in [5.74, 6) is 0. The molecule has 0 aromatic carbocycles. The quantitative estimate of drug-likeness (QED) is 0.483. The van der Waals surface area contributed by atoms with Crippen LogP contribution in [0.5, 0.6) is 0 Å². The van der Waals surface area contributed by atoms with Gasteiger partial charge in [0, 0.05) is 0 Å². The Morgan fingerprint density at radius 1 is 0.478 bits per heavy atom. The van der Waals surface area contributed by atoms with Crippen molar-refractivity contribution >= 4 is 18.9 Å². The van der Waals surface area contributed by atoms with E-state index in [1.165, 1.54) is 8.87 Å². The zero-order valence-electron chi connectivity index (χ0n) is 18.8. The summed E-state index contributed by atoms with van der Waals surface area (Å²) in [5, 5.41) is 0. The molecule has 23 heavy (non-hydrogen) atoms. The molecule has 0 amide bonds. The molecule has 0 aliphatic rings. The van der Waals surface area contributed by atoms with Crippen LogP contribution in [0.25, 0.3) is 0 Å². The topological polar surface area (TPSA) is 6.48 Å². The first-order valence-corrected chi connectivity index (χ1v) is 16.1. The molecule has 0 saturated carbocycles. The van der Waals surface area contributed by atoms with Crippen LogP contribution in [0, 0.1) is 0 Å². The van der Waals surface area contributed by atoms with Crippen molar-refractivity contribution in [2.45, 2.75) is 128 Å². The Hall–Kier alpha value is 0.719. The molecule has 0 heterocycles. The number of nitrogens with zero attached hydrogens (tertiary/aromatic N) is 2. The molecule has 0 atom stereocenters. The van der Waals surface area contributed by atoms with Gasteiger partial charge < -0.3 is 0 Å². The number of hydrogen-bond donors (Lipinski definition) is 0. The van der Waals surface area contributed by atoms with Gasteiger partial charge in [0.1, 0.15) is 0 Å². The van der Waals surface area contributed by atoms with Crippen molar-refractivity contribution in [2.75, 3.05) is 0 Å². The molecule has 0 aromatic rings. The monoisotopic (exact) mass is 434 g/mol. The molecule has 0 aromatic heterocycles. The van der Waals surface area contributed by atoms with Gasteiger partial charge in [-0.3, -0.25) is 0 Å². The third kappa shape index (κ3) is 5.34. The van der Waals surface area contributed by atoms with E-state index in [4.69, 9.17) is 0 Å². The molecule has 0 fully saturated rings. The molecule has 0 aliphatic heterocycles. The van der Waals surface area contributed by atoms with Gasteiger partial charge >= 0.3 is 153 Å². The van der Waals surface area contributed by atoms with E-state index in [1.54, 1.807) is 0 Å². The molecule has 0 aliphatic carbocycles. The zero-order valence-corrected chi connectivity index (χ0v) is 21.7. The van der Waals surface area contributed by atoms with E-state index in [0.717, 1.165) is 0 Å². The van der Waals surface area contributed by atoms with Crippen LogP contribution < -0.4 is 0 Å². The van der Waals surface area contributed by atoms with Crippen LogP contribution in [0.15, 0.2) is 0 Å². The zero-order chi connectivity index (χ0) is 19.1. The normalized spacial score (nSPS) is 15.7.